The number of fused-ring (bicyclic) bond motifs is 7. The Morgan fingerprint density at radius 3 is 1.56 bits per heavy atom. The van der Waals surface area contributed by atoms with Crippen LogP contribution < -0.4 is 24.8 Å². The number of hydrogen-bond acceptors (Lipinski definition) is 0. The van der Waals surface area contributed by atoms with Crippen molar-refractivity contribution in [2.75, 3.05) is 0 Å². The van der Waals surface area contributed by atoms with E-state index in [0.717, 1.165) is 0 Å². The molecule has 0 radical (unpaired) electrons. The average Bonchev–Trinajstić information content (AvgIpc) is 3.56. The Morgan fingerprint density at radius 2 is 0.930 bits per heavy atom. The third-order valence-corrected chi connectivity index (χ3v) is 7.48. The molecule has 0 aliphatic rings. The molecule has 0 unspecified atom stereocenters. The molecule has 0 bridgehead atoms. The van der Waals surface area contributed by atoms with Gasteiger partial charge in [0.25, 0.3) is 0 Å². The van der Waals surface area contributed by atoms with E-state index in [1.54, 1.807) is 23.3 Å². The van der Waals surface area contributed by atoms with Crippen molar-refractivity contribution in [2.45, 2.75) is 20.0 Å². The second-order valence-electron chi connectivity index (χ2n) is 10.9. The minimum Gasteiger partial charge on any atom is -1.00 e. The number of aryl methyl sites for hydroxylation is 1. The molecule has 0 nitrogen and oxygen atoms in total. The molecule has 0 aliphatic carbocycles. The third-order valence-electron chi connectivity index (χ3n) is 7.48. The van der Waals surface area contributed by atoms with E-state index in [4.69, 9.17) is 0 Å². The Balaban J connectivity index is 0.000000189. The van der Waals surface area contributed by atoms with Gasteiger partial charge in [-0.15, -0.1) is 74.3 Å². The van der Waals surface area contributed by atoms with Crippen LogP contribution in [-0.2, 0) is 23.3 Å². The fourth-order valence-electron chi connectivity index (χ4n) is 5.80. The van der Waals surface area contributed by atoms with Gasteiger partial charge in [-0.2, -0.15) is 6.07 Å². The van der Waals surface area contributed by atoms with Crippen molar-refractivity contribution in [3.8, 4) is 11.1 Å². The minimum absolute atomic E-state index is 0. The molecule has 0 heterocycles. The first-order chi connectivity index (χ1) is 20.0. The normalized spacial score (nSPS) is 10.4. The van der Waals surface area contributed by atoms with E-state index < -0.39 is 0 Å². The summed E-state index contributed by atoms with van der Waals surface area (Å²) < 4.78 is 0. The minimum atomic E-state index is 0. The fourth-order valence-corrected chi connectivity index (χ4v) is 5.80. The van der Waals surface area contributed by atoms with Crippen molar-refractivity contribution in [2.24, 2.45) is 0 Å². The first-order valence-electron chi connectivity index (χ1n) is 14.1. The summed E-state index contributed by atoms with van der Waals surface area (Å²) in [5.74, 6) is 0. The van der Waals surface area contributed by atoms with Crippen molar-refractivity contribution in [1.29, 1.82) is 0 Å². The van der Waals surface area contributed by atoms with Crippen LogP contribution in [0.3, 0.4) is 0 Å². The molecule has 0 aromatic heterocycles. The van der Waals surface area contributed by atoms with Gasteiger partial charge in [0.2, 0.25) is 0 Å². The Labute approximate surface area is 281 Å². The average molecular weight is 691 g/mol. The summed E-state index contributed by atoms with van der Waals surface area (Å²) in [6.07, 6.45) is 0. The van der Waals surface area contributed by atoms with Gasteiger partial charge in [0.15, 0.2) is 0 Å². The molecule has 0 spiro atoms. The van der Waals surface area contributed by atoms with E-state index in [-0.39, 0.29) is 30.2 Å². The van der Waals surface area contributed by atoms with Gasteiger partial charge in [0.1, 0.15) is 0 Å². The zero-order valence-electron chi connectivity index (χ0n) is 24.5. The van der Waals surface area contributed by atoms with Crippen LogP contribution in [0.1, 0.15) is 5.56 Å². The van der Waals surface area contributed by atoms with Gasteiger partial charge in [-0.05, 0) is 33.2 Å². The molecule has 0 saturated carbocycles. The molecular formula is C39H32Cl2SiZr-2. The summed E-state index contributed by atoms with van der Waals surface area (Å²) in [5.41, 5.74) is 4.17. The van der Waals surface area contributed by atoms with E-state index in [0.29, 0.717) is 0 Å². The van der Waals surface area contributed by atoms with Gasteiger partial charge in [-0.1, -0.05) is 103 Å². The standard InChI is InChI=1S/C24H17.C13H9.C2H6Si.2ClH.Zr/c1-16-13-17-8-6-12-22(23(17)14-16)24-15-18-7-2-3-9-19(18)20-10-4-5-11-21(20)24;1-3-7-12-10(5-1)9-11-6-2-4-8-13(11)12;1-3-2;;;/h2-15H,1H3;1-9H;1-2H3;2*1H;/q2*-1;;;;+2/p-2. The van der Waals surface area contributed by atoms with Crippen molar-refractivity contribution < 1.29 is 48.1 Å². The second-order valence-corrected chi connectivity index (χ2v) is 20.2. The summed E-state index contributed by atoms with van der Waals surface area (Å²) in [6.45, 7) is 6.79. The van der Waals surface area contributed by atoms with E-state index in [2.05, 4.69) is 160 Å². The molecule has 0 aliphatic heterocycles. The predicted octanol–water partition coefficient (Wildman–Crippen LogP) is 5.34. The first-order valence-corrected chi connectivity index (χ1v) is 20.3. The fraction of sp³-hybridized carbons (Fsp3) is 0.0769. The summed E-state index contributed by atoms with van der Waals surface area (Å²) in [4.78, 5) is 0. The molecule has 0 amide bonds. The van der Waals surface area contributed by atoms with Crippen LogP contribution in [0, 0.1) is 6.92 Å². The number of benzene rings is 6. The number of halogens is 2. The van der Waals surface area contributed by atoms with Crippen LogP contribution in [-0.4, -0.2) is 5.43 Å². The van der Waals surface area contributed by atoms with Gasteiger partial charge in [-0.25, -0.2) is 0 Å². The van der Waals surface area contributed by atoms with Gasteiger partial charge in [0, 0.05) is 0 Å². The third kappa shape index (κ3) is 7.05. The van der Waals surface area contributed by atoms with Crippen LogP contribution >= 0.6 is 0 Å². The van der Waals surface area contributed by atoms with Crippen molar-refractivity contribution in [1.82, 2.24) is 0 Å². The van der Waals surface area contributed by atoms with Crippen molar-refractivity contribution >= 4 is 59.3 Å². The van der Waals surface area contributed by atoms with Crippen LogP contribution in [0.15, 0.2) is 140 Å². The molecular weight excluding hydrogens is 659 g/mol. The van der Waals surface area contributed by atoms with Crippen LogP contribution in [0.5, 0.6) is 0 Å². The molecule has 43 heavy (non-hydrogen) atoms. The number of hydrogen-bond donors (Lipinski definition) is 0. The van der Waals surface area contributed by atoms with Crippen LogP contribution in [0.2, 0.25) is 13.1 Å². The van der Waals surface area contributed by atoms with Crippen LogP contribution in [0.4, 0.5) is 0 Å². The molecule has 0 N–H and O–H groups in total. The predicted molar refractivity (Wildman–Crippen MR) is 179 cm³/mol. The Bertz CT molecular complexity index is 2120. The quantitative estimate of drug-likeness (QED) is 0.124. The second kappa shape index (κ2) is 14.7. The first kappa shape index (κ1) is 32.9. The summed E-state index contributed by atoms with van der Waals surface area (Å²) >= 11 is 1.74. The topological polar surface area (TPSA) is 0 Å². The Kier molecular flexibility index (Phi) is 11.2. The van der Waals surface area contributed by atoms with Gasteiger partial charge >= 0.3 is 41.9 Å². The Morgan fingerprint density at radius 1 is 0.465 bits per heavy atom. The molecule has 0 fully saturated rings. The Hall–Kier alpha value is -3.00. The SMILES string of the molecule is C[Si](C)=[Zr+2].Cc1cc2c(-c3cc4ccccc4c4ccccc34)cccc2[cH-]1.[Cl-].[Cl-].c1ccc2c(c1)[cH-]c1ccccc12. The molecule has 4 heteroatoms. The smallest absolute Gasteiger partial charge is 0.00995 e. The molecule has 0 saturated heterocycles. The van der Waals surface area contributed by atoms with E-state index in [9.17, 15) is 0 Å². The molecule has 8 rings (SSSR count). The summed E-state index contributed by atoms with van der Waals surface area (Å²) in [7, 11) is 0. The zero-order valence-corrected chi connectivity index (χ0v) is 29.5. The van der Waals surface area contributed by atoms with E-state index in [1.165, 1.54) is 70.6 Å². The maximum Gasteiger partial charge on any atom is -0.00995 e. The maximum absolute atomic E-state index is 2.34. The maximum atomic E-state index is 2.34. The van der Waals surface area contributed by atoms with E-state index in [1.807, 2.05) is 0 Å². The van der Waals surface area contributed by atoms with Gasteiger partial charge < -0.3 is 24.8 Å². The van der Waals surface area contributed by atoms with Crippen LogP contribution in [0.25, 0.3) is 65.0 Å². The van der Waals surface area contributed by atoms with Gasteiger partial charge in [-0.3, -0.25) is 0 Å². The zero-order chi connectivity index (χ0) is 28.3. The van der Waals surface area contributed by atoms with Crippen molar-refractivity contribution in [3.63, 3.8) is 0 Å². The summed E-state index contributed by atoms with van der Waals surface area (Å²) in [5, 5.41) is 13.3. The van der Waals surface area contributed by atoms with E-state index >= 15 is 0 Å². The van der Waals surface area contributed by atoms with Crippen molar-refractivity contribution in [3.05, 3.63) is 145 Å². The molecule has 0 atom stereocenters. The molecule has 8 aromatic rings. The largest absolute Gasteiger partial charge is 1.00 e. The monoisotopic (exact) mass is 688 g/mol. The number of rotatable bonds is 1. The summed E-state index contributed by atoms with van der Waals surface area (Å²) in [6, 6.07) is 50.2. The van der Waals surface area contributed by atoms with Gasteiger partial charge in [0.05, 0.1) is 0 Å². The molecule has 212 valence electrons. The molecule has 8 aromatic carbocycles.